The van der Waals surface area contributed by atoms with Crippen molar-refractivity contribution in [3.63, 3.8) is 0 Å². The first-order valence-corrected chi connectivity index (χ1v) is 11.6. The fourth-order valence-corrected chi connectivity index (χ4v) is 4.30. The van der Waals surface area contributed by atoms with Gasteiger partial charge in [-0.1, -0.05) is 42.1 Å². The van der Waals surface area contributed by atoms with E-state index in [1.165, 1.54) is 17.3 Å². The van der Waals surface area contributed by atoms with Crippen molar-refractivity contribution >= 4 is 34.7 Å². The summed E-state index contributed by atoms with van der Waals surface area (Å²) in [5.74, 6) is -0.0648. The van der Waals surface area contributed by atoms with Crippen LogP contribution in [0, 0.1) is 0 Å². The summed E-state index contributed by atoms with van der Waals surface area (Å²) in [5.41, 5.74) is 3.43. The predicted octanol–water partition coefficient (Wildman–Crippen LogP) is 4.46. The van der Waals surface area contributed by atoms with E-state index in [0.717, 1.165) is 35.6 Å². The average Bonchev–Trinajstić information content (AvgIpc) is 3.13. The van der Waals surface area contributed by atoms with Gasteiger partial charge in [0.15, 0.2) is 5.16 Å². The van der Waals surface area contributed by atoms with E-state index in [4.69, 9.17) is 4.74 Å². The number of aromatic nitrogens is 2. The highest BCUT2D eigenvalue weighted by atomic mass is 32.2. The molecule has 1 atom stereocenters. The van der Waals surface area contributed by atoms with Crippen molar-refractivity contribution in [2.24, 2.45) is 0 Å². The first kappa shape index (κ1) is 22.9. The Morgan fingerprint density at radius 3 is 2.65 bits per heavy atom. The molecule has 1 heterocycles. The smallest absolute Gasteiger partial charge is 0.338 e. The van der Waals surface area contributed by atoms with Gasteiger partial charge in [0, 0.05) is 12.6 Å². The molecule has 0 aliphatic carbocycles. The van der Waals surface area contributed by atoms with Crippen molar-refractivity contribution in [1.29, 1.82) is 0 Å². The van der Waals surface area contributed by atoms with Crippen LogP contribution in [-0.2, 0) is 22.5 Å². The summed E-state index contributed by atoms with van der Waals surface area (Å²) in [6.45, 7) is 6.91. The monoisotopic (exact) mass is 439 g/mol. The standard InChI is InChI=1S/C24H29N3O3S/c1-4-27-21-14-13-19(23(29)30-5-2)15-20(21)26-24(27)31-16-22(28)25-17(3)11-12-18-9-7-6-8-10-18/h6-10,13-15,17H,4-5,11-12,16H2,1-3H3,(H,25,28)/t17-/m1/s1. The average molecular weight is 440 g/mol. The van der Waals surface area contributed by atoms with E-state index in [-0.39, 0.29) is 17.9 Å². The van der Waals surface area contributed by atoms with E-state index in [2.05, 4.69) is 27.0 Å². The number of carbonyl (C=O) groups excluding carboxylic acids is 2. The lowest BCUT2D eigenvalue weighted by molar-refractivity contribution is -0.119. The van der Waals surface area contributed by atoms with Crippen LogP contribution in [0.15, 0.2) is 53.7 Å². The molecule has 2 aromatic carbocycles. The van der Waals surface area contributed by atoms with E-state index >= 15 is 0 Å². The number of aryl methyl sites for hydroxylation is 2. The molecule has 31 heavy (non-hydrogen) atoms. The molecule has 0 saturated carbocycles. The van der Waals surface area contributed by atoms with Crippen LogP contribution < -0.4 is 5.32 Å². The second kappa shape index (κ2) is 11.0. The highest BCUT2D eigenvalue weighted by Gasteiger charge is 2.15. The lowest BCUT2D eigenvalue weighted by atomic mass is 10.1. The molecule has 3 aromatic rings. The maximum atomic E-state index is 12.4. The van der Waals surface area contributed by atoms with Gasteiger partial charge in [-0.15, -0.1) is 0 Å². The number of ether oxygens (including phenoxy) is 1. The number of carbonyl (C=O) groups is 2. The second-order valence-electron chi connectivity index (χ2n) is 7.34. The molecule has 0 radical (unpaired) electrons. The Labute approximate surface area is 187 Å². The minimum Gasteiger partial charge on any atom is -0.462 e. The fourth-order valence-electron chi connectivity index (χ4n) is 3.41. The van der Waals surface area contributed by atoms with Gasteiger partial charge in [-0.25, -0.2) is 9.78 Å². The van der Waals surface area contributed by atoms with E-state index in [9.17, 15) is 9.59 Å². The van der Waals surface area contributed by atoms with Crippen molar-refractivity contribution in [2.45, 2.75) is 51.4 Å². The van der Waals surface area contributed by atoms with Gasteiger partial charge in [0.25, 0.3) is 0 Å². The summed E-state index contributed by atoms with van der Waals surface area (Å²) in [5, 5.41) is 3.84. The third-order valence-electron chi connectivity index (χ3n) is 4.99. The number of imidazole rings is 1. The Bertz CT molecular complexity index is 1030. The first-order chi connectivity index (χ1) is 15.0. The van der Waals surface area contributed by atoms with Crippen molar-refractivity contribution in [2.75, 3.05) is 12.4 Å². The van der Waals surface area contributed by atoms with Crippen LogP contribution in [0.3, 0.4) is 0 Å². The van der Waals surface area contributed by atoms with Crippen LogP contribution >= 0.6 is 11.8 Å². The van der Waals surface area contributed by atoms with Crippen molar-refractivity contribution in [3.8, 4) is 0 Å². The Kier molecular flexibility index (Phi) is 8.12. The van der Waals surface area contributed by atoms with Gasteiger partial charge >= 0.3 is 5.97 Å². The lowest BCUT2D eigenvalue weighted by Crippen LogP contribution is -2.34. The maximum absolute atomic E-state index is 12.4. The van der Waals surface area contributed by atoms with Gasteiger partial charge in [0.2, 0.25) is 5.91 Å². The summed E-state index contributed by atoms with van der Waals surface area (Å²) < 4.78 is 7.13. The number of benzene rings is 2. The summed E-state index contributed by atoms with van der Waals surface area (Å²) in [7, 11) is 0. The number of rotatable bonds is 10. The third-order valence-corrected chi connectivity index (χ3v) is 5.97. The number of fused-ring (bicyclic) bond motifs is 1. The SMILES string of the molecule is CCOC(=O)c1ccc2c(c1)nc(SCC(=O)N[C@H](C)CCc1ccccc1)n2CC. The third kappa shape index (κ3) is 6.10. The van der Waals surface area contributed by atoms with E-state index in [1.807, 2.05) is 38.1 Å². The van der Waals surface area contributed by atoms with Crippen molar-refractivity contribution in [3.05, 3.63) is 59.7 Å². The number of hydrogen-bond donors (Lipinski definition) is 1. The van der Waals surface area contributed by atoms with Crippen LogP contribution in [0.5, 0.6) is 0 Å². The molecule has 0 bridgehead atoms. The topological polar surface area (TPSA) is 73.2 Å². The van der Waals surface area contributed by atoms with Gasteiger partial charge in [0.1, 0.15) is 0 Å². The zero-order valence-corrected chi connectivity index (χ0v) is 19.1. The normalized spacial score (nSPS) is 12.0. The molecule has 3 rings (SSSR count). The molecule has 0 spiro atoms. The predicted molar refractivity (Wildman–Crippen MR) is 124 cm³/mol. The summed E-state index contributed by atoms with van der Waals surface area (Å²) in [4.78, 5) is 29.1. The number of thioether (sulfide) groups is 1. The van der Waals surface area contributed by atoms with E-state index in [0.29, 0.717) is 17.9 Å². The van der Waals surface area contributed by atoms with Crippen molar-refractivity contribution in [1.82, 2.24) is 14.9 Å². The molecule has 0 aliphatic rings. The number of nitrogens with one attached hydrogen (secondary N) is 1. The van der Waals surface area contributed by atoms with Crippen LogP contribution in [0.25, 0.3) is 11.0 Å². The summed E-state index contributed by atoms with van der Waals surface area (Å²) in [6.07, 6.45) is 1.83. The Balaban J connectivity index is 1.59. The van der Waals surface area contributed by atoms with E-state index < -0.39 is 0 Å². The van der Waals surface area contributed by atoms with Crippen LogP contribution in [-0.4, -0.2) is 39.8 Å². The minimum atomic E-state index is -0.353. The molecular formula is C24H29N3O3S. The molecular weight excluding hydrogens is 410 g/mol. The van der Waals surface area contributed by atoms with Crippen molar-refractivity contribution < 1.29 is 14.3 Å². The van der Waals surface area contributed by atoms with Gasteiger partial charge in [-0.2, -0.15) is 0 Å². The minimum absolute atomic E-state index is 0.00696. The Morgan fingerprint density at radius 1 is 1.16 bits per heavy atom. The van der Waals surface area contributed by atoms with E-state index in [1.54, 1.807) is 19.1 Å². The zero-order valence-electron chi connectivity index (χ0n) is 18.3. The maximum Gasteiger partial charge on any atom is 0.338 e. The molecule has 1 amide bonds. The molecule has 0 unspecified atom stereocenters. The van der Waals surface area contributed by atoms with Gasteiger partial charge < -0.3 is 14.6 Å². The summed E-state index contributed by atoms with van der Waals surface area (Å²) in [6, 6.07) is 15.8. The summed E-state index contributed by atoms with van der Waals surface area (Å²) >= 11 is 1.41. The molecule has 1 aromatic heterocycles. The zero-order chi connectivity index (χ0) is 22.2. The van der Waals surface area contributed by atoms with Crippen LogP contribution in [0.4, 0.5) is 0 Å². The molecule has 0 aliphatic heterocycles. The molecule has 0 fully saturated rings. The number of nitrogens with zero attached hydrogens (tertiary/aromatic N) is 2. The first-order valence-electron chi connectivity index (χ1n) is 10.6. The Morgan fingerprint density at radius 2 is 1.94 bits per heavy atom. The van der Waals surface area contributed by atoms with Gasteiger partial charge in [-0.05, 0) is 57.4 Å². The lowest BCUT2D eigenvalue weighted by Gasteiger charge is -2.14. The largest absolute Gasteiger partial charge is 0.462 e. The molecule has 0 saturated heterocycles. The number of esters is 1. The highest BCUT2D eigenvalue weighted by Crippen LogP contribution is 2.25. The quantitative estimate of drug-likeness (QED) is 0.373. The fraction of sp³-hybridized carbons (Fsp3) is 0.375. The molecule has 6 nitrogen and oxygen atoms in total. The van der Waals surface area contributed by atoms with Gasteiger partial charge in [0.05, 0.1) is 29.0 Å². The number of hydrogen-bond acceptors (Lipinski definition) is 5. The highest BCUT2D eigenvalue weighted by molar-refractivity contribution is 7.99. The molecule has 7 heteroatoms. The Hall–Kier alpha value is -2.80. The van der Waals surface area contributed by atoms with Crippen LogP contribution in [0.2, 0.25) is 0 Å². The molecule has 1 N–H and O–H groups in total. The number of amides is 1. The van der Waals surface area contributed by atoms with Gasteiger partial charge in [-0.3, -0.25) is 4.79 Å². The second-order valence-corrected chi connectivity index (χ2v) is 8.29. The molecule has 164 valence electrons. The van der Waals surface area contributed by atoms with Crippen LogP contribution in [0.1, 0.15) is 43.1 Å².